The van der Waals surface area contributed by atoms with Crippen molar-refractivity contribution < 1.29 is 9.53 Å². The number of rotatable bonds is 8. The van der Waals surface area contributed by atoms with Crippen molar-refractivity contribution in [1.82, 2.24) is 10.2 Å². The zero-order valence-corrected chi connectivity index (χ0v) is 16.9. The van der Waals surface area contributed by atoms with Gasteiger partial charge >= 0.3 is 0 Å². The van der Waals surface area contributed by atoms with Crippen molar-refractivity contribution in [2.45, 2.75) is 25.8 Å². The maximum atomic E-state index is 12.4. The van der Waals surface area contributed by atoms with Gasteiger partial charge in [0.15, 0.2) is 0 Å². The first-order valence-corrected chi connectivity index (χ1v) is 10.1. The van der Waals surface area contributed by atoms with Gasteiger partial charge in [-0.3, -0.25) is 9.69 Å². The van der Waals surface area contributed by atoms with Crippen molar-refractivity contribution in [1.29, 1.82) is 0 Å². The first-order chi connectivity index (χ1) is 13.7. The molecule has 0 aliphatic carbocycles. The zero-order chi connectivity index (χ0) is 19.8. The Morgan fingerprint density at radius 3 is 2.43 bits per heavy atom. The molecule has 2 aromatic carbocycles. The highest BCUT2D eigenvalue weighted by Crippen LogP contribution is 2.28. The molecule has 0 spiro atoms. The molecule has 2 aromatic rings. The maximum Gasteiger partial charge on any atom is 0.234 e. The van der Waals surface area contributed by atoms with Gasteiger partial charge in [0.05, 0.1) is 19.3 Å². The molecule has 1 fully saturated rings. The van der Waals surface area contributed by atoms with E-state index in [2.05, 4.69) is 52.4 Å². The second-order valence-corrected chi connectivity index (χ2v) is 7.43. The highest BCUT2D eigenvalue weighted by molar-refractivity contribution is 5.78. The van der Waals surface area contributed by atoms with Crippen LogP contribution in [-0.4, -0.2) is 56.7 Å². The van der Waals surface area contributed by atoms with Crippen LogP contribution < -0.4 is 15.0 Å². The molecule has 0 aromatic heterocycles. The number of carbonyl (C=O) groups excluding carboxylic acids is 1. The normalized spacial score (nSPS) is 15.9. The van der Waals surface area contributed by atoms with Crippen LogP contribution in [0.1, 0.15) is 18.9 Å². The molecule has 1 aliphatic heterocycles. The van der Waals surface area contributed by atoms with Gasteiger partial charge in [-0.1, -0.05) is 42.5 Å². The van der Waals surface area contributed by atoms with Crippen LogP contribution in [0.2, 0.25) is 0 Å². The number of aryl methyl sites for hydroxylation is 1. The average molecular weight is 382 g/mol. The van der Waals surface area contributed by atoms with Crippen LogP contribution in [0.4, 0.5) is 5.69 Å². The van der Waals surface area contributed by atoms with Gasteiger partial charge < -0.3 is 15.0 Å². The van der Waals surface area contributed by atoms with E-state index in [0.29, 0.717) is 6.54 Å². The summed E-state index contributed by atoms with van der Waals surface area (Å²) in [5.41, 5.74) is 2.44. The minimum Gasteiger partial charge on any atom is -0.495 e. The molecule has 1 amide bonds. The van der Waals surface area contributed by atoms with Crippen LogP contribution in [-0.2, 0) is 11.2 Å². The summed E-state index contributed by atoms with van der Waals surface area (Å²) >= 11 is 0. The number of amides is 1. The monoisotopic (exact) mass is 381 g/mol. The molecule has 5 nitrogen and oxygen atoms in total. The van der Waals surface area contributed by atoms with Crippen molar-refractivity contribution in [3.05, 3.63) is 60.2 Å². The van der Waals surface area contributed by atoms with E-state index in [1.165, 1.54) is 5.56 Å². The lowest BCUT2D eigenvalue weighted by molar-refractivity contribution is -0.122. The molecule has 1 atom stereocenters. The standard InChI is InChI=1S/C23H31N3O2/c1-19(12-13-20-8-4-3-5-9-20)24-23(27)18-25-14-16-26(17-15-25)21-10-6-7-11-22(21)28-2/h3-11,19H,12-18H2,1-2H3,(H,24,27)/t19-/m1/s1. The van der Waals surface area contributed by atoms with Gasteiger partial charge in [0.25, 0.3) is 0 Å². The van der Waals surface area contributed by atoms with E-state index in [-0.39, 0.29) is 11.9 Å². The zero-order valence-electron chi connectivity index (χ0n) is 16.9. The van der Waals surface area contributed by atoms with Gasteiger partial charge in [0.1, 0.15) is 5.75 Å². The summed E-state index contributed by atoms with van der Waals surface area (Å²) in [7, 11) is 1.71. The van der Waals surface area contributed by atoms with E-state index >= 15 is 0 Å². The minimum atomic E-state index is 0.117. The molecular weight excluding hydrogens is 350 g/mol. The number of hydrogen-bond acceptors (Lipinski definition) is 4. The lowest BCUT2D eigenvalue weighted by atomic mass is 10.1. The molecule has 1 aliphatic rings. The summed E-state index contributed by atoms with van der Waals surface area (Å²) in [6.07, 6.45) is 1.94. The van der Waals surface area contributed by atoms with Crippen LogP contribution in [0.3, 0.4) is 0 Å². The second-order valence-electron chi connectivity index (χ2n) is 7.43. The second kappa shape index (κ2) is 10.1. The van der Waals surface area contributed by atoms with Crippen molar-refractivity contribution in [2.24, 2.45) is 0 Å². The third-order valence-electron chi connectivity index (χ3n) is 5.28. The highest BCUT2D eigenvalue weighted by Gasteiger charge is 2.21. The van der Waals surface area contributed by atoms with Crippen molar-refractivity contribution in [2.75, 3.05) is 44.7 Å². The van der Waals surface area contributed by atoms with E-state index in [4.69, 9.17) is 4.74 Å². The van der Waals surface area contributed by atoms with Gasteiger partial charge in [0.2, 0.25) is 5.91 Å². The summed E-state index contributed by atoms with van der Waals surface area (Å²) in [6.45, 7) is 6.11. The number of ether oxygens (including phenoxy) is 1. The van der Waals surface area contributed by atoms with Crippen molar-refractivity contribution >= 4 is 11.6 Å². The molecule has 0 saturated carbocycles. The average Bonchev–Trinajstić information content (AvgIpc) is 2.73. The van der Waals surface area contributed by atoms with Crippen LogP contribution in [0, 0.1) is 0 Å². The number of para-hydroxylation sites is 2. The minimum absolute atomic E-state index is 0.117. The first-order valence-electron chi connectivity index (χ1n) is 10.1. The topological polar surface area (TPSA) is 44.8 Å². The Balaban J connectivity index is 1.40. The number of nitrogens with one attached hydrogen (secondary N) is 1. The fourth-order valence-corrected chi connectivity index (χ4v) is 3.66. The number of carbonyl (C=O) groups is 1. The smallest absolute Gasteiger partial charge is 0.234 e. The summed E-state index contributed by atoms with van der Waals surface area (Å²) in [6, 6.07) is 18.7. The Labute approximate surface area is 168 Å². The molecule has 3 rings (SSSR count). The van der Waals surface area contributed by atoms with E-state index < -0.39 is 0 Å². The van der Waals surface area contributed by atoms with Crippen molar-refractivity contribution in [3.8, 4) is 5.75 Å². The molecule has 1 saturated heterocycles. The Hall–Kier alpha value is -2.53. The Morgan fingerprint density at radius 1 is 1.04 bits per heavy atom. The van der Waals surface area contributed by atoms with Crippen LogP contribution in [0.15, 0.2) is 54.6 Å². The molecular formula is C23H31N3O2. The van der Waals surface area contributed by atoms with Gasteiger partial charge in [-0.15, -0.1) is 0 Å². The SMILES string of the molecule is COc1ccccc1N1CCN(CC(=O)N[C@H](C)CCc2ccccc2)CC1. The summed E-state index contributed by atoms with van der Waals surface area (Å²) in [5, 5.41) is 3.14. The quantitative estimate of drug-likeness (QED) is 0.764. The van der Waals surface area contributed by atoms with Crippen LogP contribution in [0.5, 0.6) is 5.75 Å². The predicted molar refractivity (Wildman–Crippen MR) is 114 cm³/mol. The number of methoxy groups -OCH3 is 1. The highest BCUT2D eigenvalue weighted by atomic mass is 16.5. The van der Waals surface area contributed by atoms with Gasteiger partial charge in [-0.25, -0.2) is 0 Å². The summed E-state index contributed by atoms with van der Waals surface area (Å²) in [5.74, 6) is 1.02. The molecule has 0 unspecified atom stereocenters. The van der Waals surface area contributed by atoms with E-state index in [0.717, 1.165) is 50.5 Å². The van der Waals surface area contributed by atoms with Crippen molar-refractivity contribution in [3.63, 3.8) is 0 Å². The molecule has 150 valence electrons. The van der Waals surface area contributed by atoms with E-state index in [1.807, 2.05) is 24.3 Å². The summed E-state index contributed by atoms with van der Waals surface area (Å²) in [4.78, 5) is 17.0. The third-order valence-corrected chi connectivity index (χ3v) is 5.28. The Kier molecular flexibility index (Phi) is 7.31. The number of anilines is 1. The number of benzene rings is 2. The van der Waals surface area contributed by atoms with Crippen LogP contribution >= 0.6 is 0 Å². The molecule has 0 radical (unpaired) electrons. The lowest BCUT2D eigenvalue weighted by Crippen LogP contribution is -2.50. The molecule has 0 bridgehead atoms. The maximum absolute atomic E-state index is 12.4. The van der Waals surface area contributed by atoms with Gasteiger partial charge in [-0.2, -0.15) is 0 Å². The molecule has 5 heteroatoms. The third kappa shape index (κ3) is 5.73. The van der Waals surface area contributed by atoms with Crippen LogP contribution in [0.25, 0.3) is 0 Å². The first kappa shape index (κ1) is 20.2. The number of piperazine rings is 1. The van der Waals surface area contributed by atoms with Gasteiger partial charge in [0, 0.05) is 32.2 Å². The molecule has 1 N–H and O–H groups in total. The predicted octanol–water partition coefficient (Wildman–Crippen LogP) is 2.95. The van der Waals surface area contributed by atoms with E-state index in [9.17, 15) is 4.79 Å². The Bertz CT molecular complexity index is 743. The lowest BCUT2D eigenvalue weighted by Gasteiger charge is -2.36. The fraction of sp³-hybridized carbons (Fsp3) is 0.435. The number of hydrogen-bond donors (Lipinski definition) is 1. The molecule has 1 heterocycles. The summed E-state index contributed by atoms with van der Waals surface area (Å²) < 4.78 is 5.47. The van der Waals surface area contributed by atoms with E-state index in [1.54, 1.807) is 7.11 Å². The molecule has 28 heavy (non-hydrogen) atoms. The Morgan fingerprint density at radius 2 is 1.71 bits per heavy atom. The fourth-order valence-electron chi connectivity index (χ4n) is 3.66. The number of nitrogens with zero attached hydrogens (tertiary/aromatic N) is 2. The largest absolute Gasteiger partial charge is 0.495 e. The van der Waals surface area contributed by atoms with Gasteiger partial charge in [-0.05, 0) is 37.5 Å².